The Morgan fingerprint density at radius 3 is 2.68 bits per heavy atom. The van der Waals surface area contributed by atoms with Crippen molar-refractivity contribution in [1.82, 2.24) is 24.4 Å². The highest BCUT2D eigenvalue weighted by Crippen LogP contribution is 2.35. The summed E-state index contributed by atoms with van der Waals surface area (Å²) in [6.45, 7) is 6.43. The van der Waals surface area contributed by atoms with Gasteiger partial charge in [-0.2, -0.15) is 5.10 Å². The SMILES string of the molecule is CCc1nc(C)cn2nc(C3=C\C(=O)N4C=C(C5CCN(C6CC6)CC5)C=C\C4=C/C=C/3)cc12. The van der Waals surface area contributed by atoms with Crippen molar-refractivity contribution in [3.63, 3.8) is 0 Å². The van der Waals surface area contributed by atoms with E-state index < -0.39 is 0 Å². The van der Waals surface area contributed by atoms with Gasteiger partial charge in [0.05, 0.1) is 28.8 Å². The van der Waals surface area contributed by atoms with Crippen LogP contribution < -0.4 is 0 Å². The van der Waals surface area contributed by atoms with Crippen LogP contribution in [0.5, 0.6) is 0 Å². The van der Waals surface area contributed by atoms with Gasteiger partial charge < -0.3 is 4.90 Å². The van der Waals surface area contributed by atoms with Crippen molar-refractivity contribution in [2.75, 3.05) is 13.1 Å². The summed E-state index contributed by atoms with van der Waals surface area (Å²) in [5.41, 5.74) is 6.71. The molecule has 0 aromatic carbocycles. The van der Waals surface area contributed by atoms with Crippen molar-refractivity contribution in [3.05, 3.63) is 83.3 Å². The molecular weight excluding hydrogens is 422 g/mol. The number of likely N-dealkylation sites (tertiary alicyclic amines) is 1. The molecule has 3 aliphatic heterocycles. The minimum Gasteiger partial charge on any atom is -0.300 e. The van der Waals surface area contributed by atoms with Gasteiger partial charge in [-0.3, -0.25) is 14.7 Å². The summed E-state index contributed by atoms with van der Waals surface area (Å²) in [6, 6.07) is 2.87. The van der Waals surface area contributed by atoms with E-state index in [9.17, 15) is 4.79 Å². The highest BCUT2D eigenvalue weighted by Gasteiger charge is 2.33. The first kappa shape index (κ1) is 21.3. The lowest BCUT2D eigenvalue weighted by atomic mass is 9.88. The van der Waals surface area contributed by atoms with Gasteiger partial charge in [0.25, 0.3) is 5.91 Å². The molecule has 1 aliphatic carbocycles. The number of aryl methyl sites for hydroxylation is 2. The summed E-state index contributed by atoms with van der Waals surface area (Å²) in [5.74, 6) is 0.483. The minimum atomic E-state index is -0.0371. The summed E-state index contributed by atoms with van der Waals surface area (Å²) in [5, 5.41) is 4.76. The van der Waals surface area contributed by atoms with Crippen LogP contribution in [-0.4, -0.2) is 49.4 Å². The average molecular weight is 454 g/mol. The molecule has 0 spiro atoms. The Balaban J connectivity index is 1.28. The van der Waals surface area contributed by atoms with Gasteiger partial charge in [-0.25, -0.2) is 4.52 Å². The zero-order valence-electron chi connectivity index (χ0n) is 19.9. The molecule has 4 aliphatic rings. The molecule has 1 saturated heterocycles. The molecule has 0 N–H and O–H groups in total. The number of hydrogen-bond donors (Lipinski definition) is 0. The maximum atomic E-state index is 13.4. The Morgan fingerprint density at radius 1 is 1.09 bits per heavy atom. The lowest BCUT2D eigenvalue weighted by molar-refractivity contribution is -0.122. The molecule has 2 aromatic rings. The first-order valence-corrected chi connectivity index (χ1v) is 12.5. The second-order valence-electron chi connectivity index (χ2n) is 9.80. The summed E-state index contributed by atoms with van der Waals surface area (Å²) >= 11 is 0. The maximum Gasteiger partial charge on any atom is 0.255 e. The van der Waals surface area contributed by atoms with E-state index in [0.29, 0.717) is 5.92 Å². The number of carbonyl (C=O) groups is 1. The van der Waals surface area contributed by atoms with Crippen molar-refractivity contribution < 1.29 is 4.79 Å². The molecule has 2 fully saturated rings. The van der Waals surface area contributed by atoms with Gasteiger partial charge in [-0.05, 0) is 81.8 Å². The number of fused-ring (bicyclic) bond motifs is 2. The van der Waals surface area contributed by atoms with E-state index in [4.69, 9.17) is 5.10 Å². The van der Waals surface area contributed by atoms with E-state index >= 15 is 0 Å². The Kier molecular flexibility index (Phi) is 5.33. The number of piperidine rings is 1. The number of nitrogens with zero attached hydrogens (tertiary/aromatic N) is 5. The van der Waals surface area contributed by atoms with Crippen LogP contribution in [0.15, 0.2) is 66.2 Å². The summed E-state index contributed by atoms with van der Waals surface area (Å²) in [4.78, 5) is 22.5. The molecule has 2 aromatic heterocycles. The van der Waals surface area contributed by atoms with Crippen LogP contribution in [0.1, 0.15) is 49.7 Å². The molecule has 34 heavy (non-hydrogen) atoms. The molecule has 1 saturated carbocycles. The third kappa shape index (κ3) is 3.96. The van der Waals surface area contributed by atoms with Crippen LogP contribution in [0.4, 0.5) is 0 Å². The van der Waals surface area contributed by atoms with E-state index in [1.54, 1.807) is 11.0 Å². The van der Waals surface area contributed by atoms with E-state index in [-0.39, 0.29) is 5.91 Å². The van der Waals surface area contributed by atoms with Crippen molar-refractivity contribution in [2.45, 2.75) is 52.0 Å². The summed E-state index contributed by atoms with van der Waals surface area (Å²) < 4.78 is 1.88. The van der Waals surface area contributed by atoms with Crippen LogP contribution >= 0.6 is 0 Å². The van der Waals surface area contributed by atoms with Gasteiger partial charge in [0, 0.05) is 29.6 Å². The molecular formula is C28H31N5O. The van der Waals surface area contributed by atoms with Crippen molar-refractivity contribution in [2.24, 2.45) is 5.92 Å². The fourth-order valence-electron chi connectivity index (χ4n) is 5.38. The van der Waals surface area contributed by atoms with Gasteiger partial charge in [-0.1, -0.05) is 25.2 Å². The smallest absolute Gasteiger partial charge is 0.255 e. The Morgan fingerprint density at radius 2 is 1.91 bits per heavy atom. The van der Waals surface area contributed by atoms with Crippen molar-refractivity contribution >= 4 is 17.0 Å². The number of hydrogen-bond acceptors (Lipinski definition) is 4. The standard InChI is InChI=1S/C28H31N5O/c1-3-25-27-16-26(30-33(27)17-19(2)29-25)21-5-4-6-24-8-7-22(18-32(24)28(34)15-21)20-11-13-31(14-12-20)23-9-10-23/h4-8,15-18,20,23H,3,9-14H2,1-2H3/b5-4+,21-15+,24-6+. The molecule has 0 unspecified atom stereocenters. The molecule has 0 bridgehead atoms. The summed E-state index contributed by atoms with van der Waals surface area (Å²) in [6.07, 6.45) is 21.9. The van der Waals surface area contributed by atoms with E-state index in [0.717, 1.165) is 46.3 Å². The molecule has 0 atom stereocenters. The molecule has 1 amide bonds. The first-order chi connectivity index (χ1) is 16.6. The van der Waals surface area contributed by atoms with Gasteiger partial charge in [0.15, 0.2) is 0 Å². The van der Waals surface area contributed by atoms with Crippen molar-refractivity contribution in [3.8, 4) is 0 Å². The number of rotatable bonds is 4. The molecule has 5 heterocycles. The number of allylic oxidation sites excluding steroid dienone is 7. The largest absolute Gasteiger partial charge is 0.300 e. The molecule has 6 nitrogen and oxygen atoms in total. The van der Waals surface area contributed by atoms with Gasteiger partial charge in [0.1, 0.15) is 0 Å². The zero-order valence-corrected chi connectivity index (χ0v) is 19.9. The number of amides is 1. The first-order valence-electron chi connectivity index (χ1n) is 12.5. The van der Waals surface area contributed by atoms with Crippen LogP contribution in [0.3, 0.4) is 0 Å². The third-order valence-electron chi connectivity index (χ3n) is 7.41. The quantitative estimate of drug-likeness (QED) is 0.679. The second kappa shape index (κ2) is 8.51. The van der Waals surface area contributed by atoms with Crippen LogP contribution in [0, 0.1) is 12.8 Å². The topological polar surface area (TPSA) is 53.7 Å². The molecule has 6 heteroatoms. The Labute approximate surface area is 200 Å². The third-order valence-corrected chi connectivity index (χ3v) is 7.41. The number of aromatic nitrogens is 3. The van der Waals surface area contributed by atoms with E-state index in [1.807, 2.05) is 41.9 Å². The van der Waals surface area contributed by atoms with Crippen LogP contribution in [-0.2, 0) is 11.2 Å². The van der Waals surface area contributed by atoms with Crippen LogP contribution in [0.25, 0.3) is 11.1 Å². The predicted octanol–water partition coefficient (Wildman–Crippen LogP) is 4.59. The maximum absolute atomic E-state index is 13.4. The predicted molar refractivity (Wildman–Crippen MR) is 134 cm³/mol. The second-order valence-corrected chi connectivity index (χ2v) is 9.80. The van der Waals surface area contributed by atoms with E-state index in [2.05, 4.69) is 35.2 Å². The zero-order chi connectivity index (χ0) is 23.2. The van der Waals surface area contributed by atoms with Gasteiger partial charge >= 0.3 is 0 Å². The highest BCUT2D eigenvalue weighted by molar-refractivity contribution is 5.99. The minimum absolute atomic E-state index is 0.0371. The fraction of sp³-hybridized carbons (Fsp3) is 0.393. The van der Waals surface area contributed by atoms with Gasteiger partial charge in [-0.15, -0.1) is 0 Å². The van der Waals surface area contributed by atoms with E-state index in [1.165, 1.54) is 44.3 Å². The summed E-state index contributed by atoms with van der Waals surface area (Å²) in [7, 11) is 0. The normalized spacial score (nSPS) is 25.8. The average Bonchev–Trinajstić information content (AvgIpc) is 3.61. The van der Waals surface area contributed by atoms with Crippen molar-refractivity contribution in [1.29, 1.82) is 0 Å². The lowest BCUT2D eigenvalue weighted by Crippen LogP contribution is -2.36. The number of carbonyl (C=O) groups excluding carboxylic acids is 1. The molecule has 6 rings (SSSR count). The monoisotopic (exact) mass is 453 g/mol. The van der Waals surface area contributed by atoms with Crippen LogP contribution in [0.2, 0.25) is 0 Å². The molecule has 0 radical (unpaired) electrons. The Bertz CT molecular complexity index is 1300. The molecule has 174 valence electrons. The fourth-order valence-corrected chi connectivity index (χ4v) is 5.38. The van der Waals surface area contributed by atoms with Gasteiger partial charge in [0.2, 0.25) is 0 Å². The highest BCUT2D eigenvalue weighted by atomic mass is 16.2. The Hall–Kier alpha value is -3.25. The lowest BCUT2D eigenvalue weighted by Gasteiger charge is -2.34.